The molecule has 0 aliphatic carbocycles. The van der Waals surface area contributed by atoms with Crippen molar-refractivity contribution in [3.05, 3.63) is 58.7 Å². The van der Waals surface area contributed by atoms with Crippen LogP contribution in [0.15, 0.2) is 36.4 Å². The molecule has 0 spiro atoms. The van der Waals surface area contributed by atoms with Crippen LogP contribution in [0.4, 0.5) is 11.4 Å². The summed E-state index contributed by atoms with van der Waals surface area (Å²) in [4.78, 5) is 2.19. The fourth-order valence-electron chi connectivity index (χ4n) is 3.24. The van der Waals surface area contributed by atoms with E-state index >= 15 is 0 Å². The molecule has 1 saturated heterocycles. The first-order valence-corrected chi connectivity index (χ1v) is 8.84. The van der Waals surface area contributed by atoms with E-state index in [0.29, 0.717) is 5.56 Å². The summed E-state index contributed by atoms with van der Waals surface area (Å²) in [5.74, 6) is 0. The molecule has 0 aromatic heterocycles. The molecular formula is C21H25N3O. The van der Waals surface area contributed by atoms with Gasteiger partial charge in [0.05, 0.1) is 17.4 Å². The molecule has 4 nitrogen and oxygen atoms in total. The van der Waals surface area contributed by atoms with Crippen LogP contribution in [0.2, 0.25) is 0 Å². The molecule has 4 heteroatoms. The van der Waals surface area contributed by atoms with Crippen LogP contribution >= 0.6 is 0 Å². The maximum absolute atomic E-state index is 9.66. The first kappa shape index (κ1) is 17.3. The van der Waals surface area contributed by atoms with Crippen molar-refractivity contribution in [2.75, 3.05) is 23.3 Å². The molecule has 1 heterocycles. The SMILES string of the molecule is Cc1ccc(CNc2ccc(N3CCC(O)CC3)c(C#N)c2)cc1C. The van der Waals surface area contributed by atoms with Crippen molar-refractivity contribution < 1.29 is 5.11 Å². The van der Waals surface area contributed by atoms with Gasteiger partial charge in [0.1, 0.15) is 6.07 Å². The Hall–Kier alpha value is -2.51. The summed E-state index contributed by atoms with van der Waals surface area (Å²) in [6, 6.07) is 14.7. The van der Waals surface area contributed by atoms with Crippen LogP contribution in [-0.2, 0) is 6.54 Å². The van der Waals surface area contributed by atoms with Gasteiger partial charge in [-0.05, 0) is 61.6 Å². The molecule has 1 aliphatic rings. The summed E-state index contributed by atoms with van der Waals surface area (Å²) in [5, 5.41) is 22.6. The zero-order chi connectivity index (χ0) is 17.8. The first-order valence-electron chi connectivity index (χ1n) is 8.84. The van der Waals surface area contributed by atoms with Crippen LogP contribution in [0.5, 0.6) is 0 Å². The van der Waals surface area contributed by atoms with E-state index in [4.69, 9.17) is 0 Å². The van der Waals surface area contributed by atoms with Gasteiger partial charge in [0.15, 0.2) is 0 Å². The molecule has 0 amide bonds. The largest absolute Gasteiger partial charge is 0.393 e. The summed E-state index contributed by atoms with van der Waals surface area (Å²) >= 11 is 0. The Morgan fingerprint density at radius 1 is 1.12 bits per heavy atom. The summed E-state index contributed by atoms with van der Waals surface area (Å²) < 4.78 is 0. The van der Waals surface area contributed by atoms with Gasteiger partial charge in [0, 0.05) is 25.3 Å². The van der Waals surface area contributed by atoms with Gasteiger partial charge in [0.2, 0.25) is 0 Å². The third kappa shape index (κ3) is 4.12. The van der Waals surface area contributed by atoms with Gasteiger partial charge in [-0.2, -0.15) is 5.26 Å². The Labute approximate surface area is 149 Å². The zero-order valence-electron chi connectivity index (χ0n) is 14.9. The van der Waals surface area contributed by atoms with E-state index in [1.807, 2.05) is 18.2 Å². The van der Waals surface area contributed by atoms with E-state index in [2.05, 4.69) is 48.3 Å². The molecule has 0 bridgehead atoms. The molecule has 2 N–H and O–H groups in total. The molecule has 1 aliphatic heterocycles. The Morgan fingerprint density at radius 2 is 1.88 bits per heavy atom. The van der Waals surface area contributed by atoms with Gasteiger partial charge < -0.3 is 15.3 Å². The number of hydrogen-bond donors (Lipinski definition) is 2. The zero-order valence-corrected chi connectivity index (χ0v) is 14.9. The van der Waals surface area contributed by atoms with E-state index in [1.165, 1.54) is 16.7 Å². The second-order valence-corrected chi connectivity index (χ2v) is 6.83. The number of aryl methyl sites for hydroxylation is 2. The van der Waals surface area contributed by atoms with Gasteiger partial charge in [-0.15, -0.1) is 0 Å². The van der Waals surface area contributed by atoms with Crippen LogP contribution in [0.3, 0.4) is 0 Å². The van der Waals surface area contributed by atoms with Crippen LogP contribution in [0.1, 0.15) is 35.1 Å². The second-order valence-electron chi connectivity index (χ2n) is 6.83. The van der Waals surface area contributed by atoms with E-state index in [1.54, 1.807) is 0 Å². The van der Waals surface area contributed by atoms with Crippen molar-refractivity contribution >= 4 is 11.4 Å². The average Bonchev–Trinajstić information content (AvgIpc) is 2.63. The number of nitriles is 1. The number of aliphatic hydroxyl groups is 1. The smallest absolute Gasteiger partial charge is 0.101 e. The molecule has 1 fully saturated rings. The van der Waals surface area contributed by atoms with Gasteiger partial charge in [0.25, 0.3) is 0 Å². The lowest BCUT2D eigenvalue weighted by Crippen LogP contribution is -2.36. The highest BCUT2D eigenvalue weighted by atomic mass is 16.3. The maximum Gasteiger partial charge on any atom is 0.101 e. The van der Waals surface area contributed by atoms with Crippen molar-refractivity contribution in [3.8, 4) is 6.07 Å². The number of nitrogens with zero attached hydrogens (tertiary/aromatic N) is 2. The Kier molecular flexibility index (Phi) is 5.25. The van der Waals surface area contributed by atoms with Gasteiger partial charge in [-0.1, -0.05) is 18.2 Å². The molecular weight excluding hydrogens is 310 g/mol. The second kappa shape index (κ2) is 7.58. The van der Waals surface area contributed by atoms with Gasteiger partial charge in [-0.25, -0.2) is 0 Å². The number of anilines is 2. The summed E-state index contributed by atoms with van der Waals surface area (Å²) in [6.45, 7) is 6.57. The minimum atomic E-state index is -0.208. The first-order chi connectivity index (χ1) is 12.1. The third-order valence-electron chi connectivity index (χ3n) is 4.99. The summed E-state index contributed by atoms with van der Waals surface area (Å²) in [6.07, 6.45) is 1.32. The standard InChI is InChI=1S/C21H25N3O/c1-15-3-4-17(11-16(15)2)14-23-19-5-6-21(18(12-19)13-22)24-9-7-20(25)8-10-24/h3-6,11-12,20,23,25H,7-10,14H2,1-2H3. The van der Waals surface area contributed by atoms with Crippen molar-refractivity contribution in [2.24, 2.45) is 0 Å². The van der Waals surface area contributed by atoms with Crippen molar-refractivity contribution in [1.29, 1.82) is 5.26 Å². The molecule has 130 valence electrons. The lowest BCUT2D eigenvalue weighted by molar-refractivity contribution is 0.145. The Morgan fingerprint density at radius 3 is 2.56 bits per heavy atom. The number of aliphatic hydroxyl groups excluding tert-OH is 1. The van der Waals surface area contributed by atoms with Crippen LogP contribution in [-0.4, -0.2) is 24.3 Å². The van der Waals surface area contributed by atoms with Crippen molar-refractivity contribution in [1.82, 2.24) is 0 Å². The Bertz CT molecular complexity index is 786. The topological polar surface area (TPSA) is 59.3 Å². The van der Waals surface area contributed by atoms with Crippen molar-refractivity contribution in [3.63, 3.8) is 0 Å². The highest BCUT2D eigenvalue weighted by molar-refractivity contribution is 5.65. The summed E-state index contributed by atoms with van der Waals surface area (Å²) in [5.41, 5.74) is 6.42. The predicted molar refractivity (Wildman–Crippen MR) is 102 cm³/mol. The fraction of sp³-hybridized carbons (Fsp3) is 0.381. The molecule has 25 heavy (non-hydrogen) atoms. The van der Waals surface area contributed by atoms with Crippen LogP contribution in [0, 0.1) is 25.2 Å². The van der Waals surface area contributed by atoms with E-state index in [9.17, 15) is 10.4 Å². The minimum absolute atomic E-state index is 0.208. The van der Waals surface area contributed by atoms with Gasteiger partial charge >= 0.3 is 0 Å². The number of benzene rings is 2. The van der Waals surface area contributed by atoms with Crippen LogP contribution < -0.4 is 10.2 Å². The molecule has 3 rings (SSSR count). The van der Waals surface area contributed by atoms with Crippen LogP contribution in [0.25, 0.3) is 0 Å². The number of piperidine rings is 1. The quantitative estimate of drug-likeness (QED) is 0.893. The fourth-order valence-corrected chi connectivity index (χ4v) is 3.24. The molecule has 2 aromatic carbocycles. The molecule has 0 atom stereocenters. The third-order valence-corrected chi connectivity index (χ3v) is 4.99. The molecule has 0 unspecified atom stereocenters. The summed E-state index contributed by atoms with van der Waals surface area (Å²) in [7, 11) is 0. The number of hydrogen-bond acceptors (Lipinski definition) is 4. The molecule has 2 aromatic rings. The lowest BCUT2D eigenvalue weighted by Gasteiger charge is -2.32. The highest BCUT2D eigenvalue weighted by Gasteiger charge is 2.19. The average molecular weight is 335 g/mol. The minimum Gasteiger partial charge on any atom is -0.393 e. The number of nitrogens with one attached hydrogen (secondary N) is 1. The van der Waals surface area contributed by atoms with Gasteiger partial charge in [-0.3, -0.25) is 0 Å². The molecule has 0 saturated carbocycles. The van der Waals surface area contributed by atoms with Crippen molar-refractivity contribution in [2.45, 2.75) is 39.3 Å². The van der Waals surface area contributed by atoms with E-state index in [0.717, 1.165) is 43.9 Å². The maximum atomic E-state index is 9.66. The van der Waals surface area contributed by atoms with E-state index in [-0.39, 0.29) is 6.10 Å². The predicted octanol–water partition coefficient (Wildman–Crippen LogP) is 3.75. The highest BCUT2D eigenvalue weighted by Crippen LogP contribution is 2.27. The Balaban J connectivity index is 1.71. The normalized spacial score (nSPS) is 15.0. The molecule has 0 radical (unpaired) electrons. The number of rotatable bonds is 4. The van der Waals surface area contributed by atoms with E-state index < -0.39 is 0 Å². The lowest BCUT2D eigenvalue weighted by atomic mass is 10.0. The monoisotopic (exact) mass is 335 g/mol.